The van der Waals surface area contributed by atoms with Gasteiger partial charge in [-0.25, -0.2) is 0 Å². The zero-order valence-electron chi connectivity index (χ0n) is 14.8. The maximum absolute atomic E-state index is 12.8. The molecular weight excluding hydrogens is 426 g/mol. The van der Waals surface area contributed by atoms with Gasteiger partial charge in [0, 0.05) is 10.0 Å². The number of carbonyl (C=O) groups excluding carboxylic acids is 2. The van der Waals surface area contributed by atoms with E-state index in [9.17, 15) is 9.59 Å². The normalized spacial score (nSPS) is 15.5. The van der Waals surface area contributed by atoms with Crippen molar-refractivity contribution in [2.45, 2.75) is 13.5 Å². The number of rotatable bonds is 6. The van der Waals surface area contributed by atoms with Gasteiger partial charge >= 0.3 is 0 Å². The molecule has 0 N–H and O–H groups in total. The van der Waals surface area contributed by atoms with Crippen LogP contribution in [0, 0.1) is 6.92 Å². The molecule has 2 amide bonds. The minimum atomic E-state index is -0.291. The van der Waals surface area contributed by atoms with Gasteiger partial charge in [0.2, 0.25) is 0 Å². The molecular formula is C21H18BrNO3S. The summed E-state index contributed by atoms with van der Waals surface area (Å²) in [6, 6.07) is 13.3. The maximum Gasteiger partial charge on any atom is 0.293 e. The van der Waals surface area contributed by atoms with E-state index in [1.807, 2.05) is 49.4 Å². The van der Waals surface area contributed by atoms with E-state index in [1.54, 1.807) is 12.2 Å². The molecule has 0 atom stereocenters. The summed E-state index contributed by atoms with van der Waals surface area (Å²) in [6.07, 6.45) is 3.35. The van der Waals surface area contributed by atoms with Crippen LogP contribution in [0.4, 0.5) is 4.79 Å². The van der Waals surface area contributed by atoms with E-state index in [-0.39, 0.29) is 17.7 Å². The Morgan fingerprint density at radius 3 is 2.78 bits per heavy atom. The topological polar surface area (TPSA) is 46.6 Å². The van der Waals surface area contributed by atoms with Crippen molar-refractivity contribution >= 4 is 44.9 Å². The van der Waals surface area contributed by atoms with Crippen LogP contribution in [-0.4, -0.2) is 22.7 Å². The molecule has 6 heteroatoms. The zero-order valence-corrected chi connectivity index (χ0v) is 17.2. The molecule has 1 saturated heterocycles. The first-order chi connectivity index (χ1) is 13.0. The Morgan fingerprint density at radius 1 is 1.22 bits per heavy atom. The molecule has 0 aliphatic carbocycles. The van der Waals surface area contributed by atoms with Crippen LogP contribution >= 0.6 is 27.7 Å². The molecule has 2 aromatic rings. The quantitative estimate of drug-likeness (QED) is 0.433. The predicted octanol–water partition coefficient (Wildman–Crippen LogP) is 5.56. The van der Waals surface area contributed by atoms with E-state index < -0.39 is 0 Å². The molecule has 27 heavy (non-hydrogen) atoms. The lowest BCUT2D eigenvalue weighted by atomic mass is 10.1. The average Bonchev–Trinajstić information content (AvgIpc) is 2.89. The van der Waals surface area contributed by atoms with Crippen LogP contribution in [0.15, 0.2) is 64.5 Å². The highest BCUT2D eigenvalue weighted by atomic mass is 79.9. The number of aryl methyl sites for hydroxylation is 1. The Morgan fingerprint density at radius 2 is 2.04 bits per heavy atom. The van der Waals surface area contributed by atoms with E-state index in [0.29, 0.717) is 17.3 Å². The number of hydrogen-bond donors (Lipinski definition) is 0. The second-order valence-electron chi connectivity index (χ2n) is 6.04. The Bertz CT molecular complexity index is 939. The van der Waals surface area contributed by atoms with Crippen molar-refractivity contribution in [1.29, 1.82) is 0 Å². The fourth-order valence-corrected chi connectivity index (χ4v) is 3.89. The second-order valence-corrected chi connectivity index (χ2v) is 7.95. The molecule has 1 fully saturated rings. The standard InChI is InChI=1S/C21H18BrNO3S/c1-3-9-26-18-8-7-17(22)11-16(18)12-19-20(24)23(21(25)27-19)13-15-6-4-5-14(2)10-15/h3-8,10-12H,1,9,13H2,2H3/b19-12+. The molecule has 1 aliphatic heterocycles. The Labute approximate surface area is 171 Å². The van der Waals surface area contributed by atoms with E-state index in [2.05, 4.69) is 22.5 Å². The summed E-state index contributed by atoms with van der Waals surface area (Å²) in [5.74, 6) is 0.338. The molecule has 0 radical (unpaired) electrons. The van der Waals surface area contributed by atoms with Crippen molar-refractivity contribution in [1.82, 2.24) is 4.90 Å². The molecule has 3 rings (SSSR count). The zero-order chi connectivity index (χ0) is 19.4. The van der Waals surface area contributed by atoms with Gasteiger partial charge in [0.15, 0.2) is 0 Å². The molecule has 0 bridgehead atoms. The van der Waals surface area contributed by atoms with Crippen molar-refractivity contribution in [2.24, 2.45) is 0 Å². The molecule has 1 heterocycles. The van der Waals surface area contributed by atoms with Gasteiger partial charge in [-0.3, -0.25) is 14.5 Å². The van der Waals surface area contributed by atoms with Crippen molar-refractivity contribution < 1.29 is 14.3 Å². The monoisotopic (exact) mass is 443 g/mol. The second kappa shape index (κ2) is 8.59. The van der Waals surface area contributed by atoms with Crippen LogP contribution in [0.25, 0.3) is 6.08 Å². The number of amides is 2. The Balaban J connectivity index is 1.86. The fourth-order valence-electron chi connectivity index (χ4n) is 2.68. The molecule has 4 nitrogen and oxygen atoms in total. The van der Waals surface area contributed by atoms with Gasteiger partial charge in [-0.05, 0) is 48.5 Å². The van der Waals surface area contributed by atoms with E-state index in [1.165, 1.54) is 4.90 Å². The summed E-state index contributed by atoms with van der Waals surface area (Å²) in [5, 5.41) is -0.267. The minimum absolute atomic E-state index is 0.266. The third kappa shape index (κ3) is 4.70. The number of thioether (sulfide) groups is 1. The van der Waals surface area contributed by atoms with E-state index in [4.69, 9.17) is 4.74 Å². The Kier molecular flexibility index (Phi) is 6.19. The van der Waals surface area contributed by atoms with Gasteiger partial charge in [0.25, 0.3) is 11.1 Å². The highest BCUT2D eigenvalue weighted by Crippen LogP contribution is 2.35. The molecule has 1 aliphatic rings. The molecule has 2 aromatic carbocycles. The lowest BCUT2D eigenvalue weighted by Gasteiger charge is -2.13. The van der Waals surface area contributed by atoms with Crippen molar-refractivity contribution in [3.63, 3.8) is 0 Å². The van der Waals surface area contributed by atoms with Gasteiger partial charge in [-0.2, -0.15) is 0 Å². The number of ether oxygens (including phenoxy) is 1. The molecule has 0 unspecified atom stereocenters. The predicted molar refractivity (Wildman–Crippen MR) is 113 cm³/mol. The largest absolute Gasteiger partial charge is 0.489 e. The van der Waals surface area contributed by atoms with E-state index >= 15 is 0 Å². The highest BCUT2D eigenvalue weighted by molar-refractivity contribution is 9.10. The van der Waals surface area contributed by atoms with Crippen LogP contribution in [0.3, 0.4) is 0 Å². The number of hydrogen-bond acceptors (Lipinski definition) is 4. The van der Waals surface area contributed by atoms with Gasteiger partial charge in [-0.1, -0.05) is 58.4 Å². The smallest absolute Gasteiger partial charge is 0.293 e. The number of imide groups is 1. The fraction of sp³-hybridized carbons (Fsp3) is 0.143. The van der Waals surface area contributed by atoms with Crippen LogP contribution < -0.4 is 4.74 Å². The van der Waals surface area contributed by atoms with Crippen molar-refractivity contribution in [3.8, 4) is 5.75 Å². The maximum atomic E-state index is 12.8. The first-order valence-electron chi connectivity index (χ1n) is 8.32. The number of carbonyl (C=O) groups is 2. The number of halogens is 1. The SMILES string of the molecule is C=CCOc1ccc(Br)cc1/C=C1/SC(=O)N(Cc2cccc(C)c2)C1=O. The van der Waals surface area contributed by atoms with Gasteiger partial charge in [0.1, 0.15) is 12.4 Å². The third-order valence-electron chi connectivity index (χ3n) is 3.91. The summed E-state index contributed by atoms with van der Waals surface area (Å²) in [4.78, 5) is 26.8. The molecule has 138 valence electrons. The van der Waals surface area contributed by atoms with Gasteiger partial charge in [-0.15, -0.1) is 0 Å². The molecule has 0 aromatic heterocycles. The molecule has 0 spiro atoms. The van der Waals surface area contributed by atoms with Gasteiger partial charge in [0.05, 0.1) is 11.4 Å². The first-order valence-corrected chi connectivity index (χ1v) is 9.93. The summed E-state index contributed by atoms with van der Waals surface area (Å²) >= 11 is 4.38. The Hall–Kier alpha value is -2.31. The van der Waals surface area contributed by atoms with E-state index in [0.717, 1.165) is 32.9 Å². The minimum Gasteiger partial charge on any atom is -0.489 e. The summed E-state index contributed by atoms with van der Waals surface area (Å²) in [7, 11) is 0. The van der Waals surface area contributed by atoms with Crippen molar-refractivity contribution in [2.75, 3.05) is 6.61 Å². The average molecular weight is 444 g/mol. The summed E-state index contributed by atoms with van der Waals surface area (Å²) in [5.41, 5.74) is 2.75. The number of benzene rings is 2. The summed E-state index contributed by atoms with van der Waals surface area (Å²) < 4.78 is 6.51. The van der Waals surface area contributed by atoms with Crippen LogP contribution in [0.2, 0.25) is 0 Å². The lowest BCUT2D eigenvalue weighted by molar-refractivity contribution is -0.123. The van der Waals surface area contributed by atoms with Crippen LogP contribution in [0.5, 0.6) is 5.75 Å². The highest BCUT2D eigenvalue weighted by Gasteiger charge is 2.35. The van der Waals surface area contributed by atoms with Gasteiger partial charge < -0.3 is 4.74 Å². The van der Waals surface area contributed by atoms with Crippen LogP contribution in [0.1, 0.15) is 16.7 Å². The number of nitrogens with zero attached hydrogens (tertiary/aromatic N) is 1. The first kappa shape index (κ1) is 19.5. The summed E-state index contributed by atoms with van der Waals surface area (Å²) in [6.45, 7) is 6.25. The lowest BCUT2D eigenvalue weighted by Crippen LogP contribution is -2.27. The van der Waals surface area contributed by atoms with Crippen LogP contribution in [-0.2, 0) is 11.3 Å². The third-order valence-corrected chi connectivity index (χ3v) is 5.31. The molecule has 0 saturated carbocycles. The van der Waals surface area contributed by atoms with Crippen molar-refractivity contribution in [3.05, 3.63) is 81.2 Å².